The van der Waals surface area contributed by atoms with E-state index in [-0.39, 0.29) is 18.0 Å². The molecular formula is C13H18FNO3S. The van der Waals surface area contributed by atoms with Crippen molar-refractivity contribution < 1.29 is 17.5 Å². The molecule has 0 unspecified atom stereocenters. The molecule has 4 nitrogen and oxygen atoms in total. The van der Waals surface area contributed by atoms with E-state index < -0.39 is 20.9 Å². The van der Waals surface area contributed by atoms with E-state index in [0.717, 1.165) is 0 Å². The van der Waals surface area contributed by atoms with Gasteiger partial charge in [0.05, 0.1) is 10.1 Å². The zero-order chi connectivity index (χ0) is 14.5. The van der Waals surface area contributed by atoms with Crippen LogP contribution >= 0.6 is 0 Å². The number of hydrogen-bond acceptors (Lipinski definition) is 4. The molecule has 0 fully saturated rings. The number of ether oxygens (including phenoxy) is 1. The van der Waals surface area contributed by atoms with E-state index in [1.54, 1.807) is 13.8 Å². The highest BCUT2D eigenvalue weighted by molar-refractivity contribution is 7.92. The number of nitrogens with two attached hydrogens (primary N) is 1. The molecule has 0 radical (unpaired) electrons. The SMILES string of the molecule is CC(C)S(=O)(=O)c1ccc(OC/C(F)=C\CN)cc1. The van der Waals surface area contributed by atoms with Gasteiger partial charge in [0.25, 0.3) is 0 Å². The summed E-state index contributed by atoms with van der Waals surface area (Å²) in [5.74, 6) is -0.0512. The molecule has 0 spiro atoms. The Hall–Kier alpha value is -1.40. The van der Waals surface area contributed by atoms with Crippen LogP contribution in [0.3, 0.4) is 0 Å². The highest BCUT2D eigenvalue weighted by Gasteiger charge is 2.18. The van der Waals surface area contributed by atoms with Crippen molar-refractivity contribution in [2.45, 2.75) is 24.0 Å². The third-order valence-corrected chi connectivity index (χ3v) is 4.66. The van der Waals surface area contributed by atoms with Crippen molar-refractivity contribution in [3.05, 3.63) is 36.2 Å². The summed E-state index contributed by atoms with van der Waals surface area (Å²) >= 11 is 0. The van der Waals surface area contributed by atoms with Crippen molar-refractivity contribution in [2.75, 3.05) is 13.2 Å². The molecule has 1 aromatic carbocycles. The fraction of sp³-hybridized carbons (Fsp3) is 0.385. The maximum absolute atomic E-state index is 13.0. The van der Waals surface area contributed by atoms with Crippen LogP contribution in [0, 0.1) is 0 Å². The van der Waals surface area contributed by atoms with Crippen LogP contribution in [0.15, 0.2) is 41.1 Å². The first-order valence-corrected chi connectivity index (χ1v) is 7.44. The molecule has 106 valence electrons. The van der Waals surface area contributed by atoms with E-state index in [1.165, 1.54) is 30.3 Å². The van der Waals surface area contributed by atoms with Gasteiger partial charge in [-0.3, -0.25) is 0 Å². The Labute approximate surface area is 113 Å². The highest BCUT2D eigenvalue weighted by atomic mass is 32.2. The Morgan fingerprint density at radius 1 is 1.37 bits per heavy atom. The third kappa shape index (κ3) is 4.33. The average molecular weight is 287 g/mol. The number of halogens is 1. The average Bonchev–Trinajstić information content (AvgIpc) is 2.37. The molecule has 0 aliphatic carbocycles. The highest BCUT2D eigenvalue weighted by Crippen LogP contribution is 2.20. The smallest absolute Gasteiger partial charge is 0.180 e. The Balaban J connectivity index is 2.75. The van der Waals surface area contributed by atoms with Crippen LogP contribution in [0.2, 0.25) is 0 Å². The standard InChI is InChI=1S/C13H18FNO3S/c1-10(2)19(16,17)13-5-3-12(4-6-13)18-9-11(14)7-8-15/h3-7,10H,8-9,15H2,1-2H3/b11-7+. The molecule has 0 saturated heterocycles. The first-order chi connectivity index (χ1) is 8.87. The lowest BCUT2D eigenvalue weighted by atomic mass is 10.3. The van der Waals surface area contributed by atoms with E-state index in [4.69, 9.17) is 10.5 Å². The number of hydrogen-bond donors (Lipinski definition) is 1. The second kappa shape index (κ2) is 6.68. The minimum atomic E-state index is -3.29. The lowest BCUT2D eigenvalue weighted by Crippen LogP contribution is -2.13. The molecule has 19 heavy (non-hydrogen) atoms. The molecule has 1 aromatic rings. The lowest BCUT2D eigenvalue weighted by molar-refractivity contribution is 0.318. The molecule has 0 aliphatic heterocycles. The van der Waals surface area contributed by atoms with Crippen molar-refractivity contribution in [3.8, 4) is 5.75 Å². The van der Waals surface area contributed by atoms with Crippen LogP contribution in [-0.4, -0.2) is 26.8 Å². The molecule has 0 saturated carbocycles. The summed E-state index contributed by atoms with van der Waals surface area (Å²) in [7, 11) is -3.29. The normalized spacial score (nSPS) is 12.8. The maximum atomic E-state index is 13.0. The summed E-state index contributed by atoms with van der Waals surface area (Å²) in [5, 5.41) is -0.482. The molecule has 0 heterocycles. The minimum Gasteiger partial charge on any atom is -0.487 e. The van der Waals surface area contributed by atoms with Crippen LogP contribution < -0.4 is 10.5 Å². The molecule has 0 atom stereocenters. The molecule has 0 bridgehead atoms. The van der Waals surface area contributed by atoms with E-state index >= 15 is 0 Å². The largest absolute Gasteiger partial charge is 0.487 e. The fourth-order valence-electron chi connectivity index (χ4n) is 1.34. The predicted octanol–water partition coefficient (Wildman–Crippen LogP) is 2.06. The Morgan fingerprint density at radius 3 is 2.42 bits per heavy atom. The van der Waals surface area contributed by atoms with E-state index in [0.29, 0.717) is 5.75 Å². The Kier molecular flexibility index (Phi) is 5.50. The van der Waals surface area contributed by atoms with Gasteiger partial charge in [0.1, 0.15) is 18.2 Å². The summed E-state index contributed by atoms with van der Waals surface area (Å²) in [6, 6.07) is 5.92. The zero-order valence-corrected chi connectivity index (χ0v) is 11.8. The summed E-state index contributed by atoms with van der Waals surface area (Å²) in [6.45, 7) is 3.13. The number of sulfone groups is 1. The van der Waals surface area contributed by atoms with Gasteiger partial charge in [-0.05, 0) is 44.2 Å². The van der Waals surface area contributed by atoms with Crippen molar-refractivity contribution in [3.63, 3.8) is 0 Å². The van der Waals surface area contributed by atoms with E-state index in [9.17, 15) is 12.8 Å². The Bertz CT molecular complexity index is 536. The van der Waals surface area contributed by atoms with Gasteiger partial charge in [0.2, 0.25) is 0 Å². The third-order valence-electron chi connectivity index (χ3n) is 2.49. The molecule has 0 aromatic heterocycles. The van der Waals surface area contributed by atoms with Gasteiger partial charge in [-0.1, -0.05) is 0 Å². The van der Waals surface area contributed by atoms with Crippen molar-refractivity contribution in [1.82, 2.24) is 0 Å². The lowest BCUT2D eigenvalue weighted by Gasteiger charge is -2.09. The fourth-order valence-corrected chi connectivity index (χ4v) is 2.40. The first kappa shape index (κ1) is 15.7. The molecule has 6 heteroatoms. The summed E-state index contributed by atoms with van der Waals surface area (Å²) in [6.07, 6.45) is 1.22. The quantitative estimate of drug-likeness (QED) is 0.869. The van der Waals surface area contributed by atoms with Gasteiger partial charge in [0.15, 0.2) is 9.84 Å². The van der Waals surface area contributed by atoms with Crippen molar-refractivity contribution in [1.29, 1.82) is 0 Å². The first-order valence-electron chi connectivity index (χ1n) is 5.89. The molecular weight excluding hydrogens is 269 g/mol. The van der Waals surface area contributed by atoms with Gasteiger partial charge >= 0.3 is 0 Å². The van der Waals surface area contributed by atoms with Crippen molar-refractivity contribution in [2.24, 2.45) is 5.73 Å². The second-order valence-corrected chi connectivity index (χ2v) is 6.74. The Morgan fingerprint density at radius 2 is 1.95 bits per heavy atom. The molecule has 1 rings (SSSR count). The van der Waals surface area contributed by atoms with Crippen LogP contribution in [0.25, 0.3) is 0 Å². The maximum Gasteiger partial charge on any atom is 0.180 e. The summed E-state index contributed by atoms with van der Waals surface area (Å²) in [5.41, 5.74) is 5.16. The minimum absolute atomic E-state index is 0.112. The van der Waals surface area contributed by atoms with Crippen molar-refractivity contribution >= 4 is 9.84 Å². The van der Waals surface area contributed by atoms with Gasteiger partial charge in [0, 0.05) is 6.54 Å². The van der Waals surface area contributed by atoms with E-state index in [2.05, 4.69) is 0 Å². The van der Waals surface area contributed by atoms with Crippen LogP contribution in [0.4, 0.5) is 4.39 Å². The monoisotopic (exact) mass is 287 g/mol. The number of benzene rings is 1. The van der Waals surface area contributed by atoms with Gasteiger partial charge < -0.3 is 10.5 Å². The molecule has 0 aliphatic rings. The second-order valence-electron chi connectivity index (χ2n) is 4.24. The predicted molar refractivity (Wildman–Crippen MR) is 72.5 cm³/mol. The van der Waals surface area contributed by atoms with Gasteiger partial charge in [-0.25, -0.2) is 12.8 Å². The summed E-state index contributed by atoms with van der Waals surface area (Å²) < 4.78 is 41.9. The van der Waals surface area contributed by atoms with Crippen LogP contribution in [0.1, 0.15) is 13.8 Å². The topological polar surface area (TPSA) is 69.4 Å². The van der Waals surface area contributed by atoms with E-state index in [1.807, 2.05) is 0 Å². The zero-order valence-electron chi connectivity index (χ0n) is 11.0. The van der Waals surface area contributed by atoms with Gasteiger partial charge in [-0.15, -0.1) is 0 Å². The summed E-state index contributed by atoms with van der Waals surface area (Å²) in [4.78, 5) is 0.229. The molecule has 2 N–H and O–H groups in total. The molecule has 0 amide bonds. The number of rotatable bonds is 6. The van der Waals surface area contributed by atoms with Crippen LogP contribution in [0.5, 0.6) is 5.75 Å². The van der Waals surface area contributed by atoms with Gasteiger partial charge in [-0.2, -0.15) is 0 Å². The van der Waals surface area contributed by atoms with Crippen LogP contribution in [-0.2, 0) is 9.84 Å².